The number of ether oxygens (including phenoxy) is 2. The van der Waals surface area contributed by atoms with Gasteiger partial charge in [0.25, 0.3) is 5.69 Å². The van der Waals surface area contributed by atoms with E-state index in [1.54, 1.807) is 19.2 Å². The Morgan fingerprint density at radius 3 is 2.78 bits per heavy atom. The van der Waals surface area contributed by atoms with Crippen LogP contribution in [0.2, 0.25) is 0 Å². The van der Waals surface area contributed by atoms with E-state index in [-0.39, 0.29) is 22.8 Å². The van der Waals surface area contributed by atoms with Crippen LogP contribution in [0.15, 0.2) is 48.5 Å². The molecular formula is C20H23N3O4. The number of nitro benzene ring substituents is 1. The Bertz CT molecular complexity index is 814. The smallest absolute Gasteiger partial charge is 0.292 e. The summed E-state index contributed by atoms with van der Waals surface area (Å²) < 4.78 is 11.3. The summed E-state index contributed by atoms with van der Waals surface area (Å²) in [5.74, 6) is 0.618. The fraction of sp³-hybridized carbons (Fsp3) is 0.400. The average Bonchev–Trinajstić information content (AvgIpc) is 3.13. The summed E-state index contributed by atoms with van der Waals surface area (Å²) >= 11 is 0. The van der Waals surface area contributed by atoms with Gasteiger partial charge in [-0.1, -0.05) is 30.3 Å². The quantitative estimate of drug-likeness (QED) is 0.596. The molecule has 0 N–H and O–H groups in total. The molecule has 2 saturated heterocycles. The molecule has 0 amide bonds. The van der Waals surface area contributed by atoms with Crippen LogP contribution in [-0.4, -0.2) is 55.3 Å². The van der Waals surface area contributed by atoms with Crippen molar-refractivity contribution in [2.45, 2.75) is 18.7 Å². The predicted octanol–water partition coefficient (Wildman–Crippen LogP) is 2.69. The predicted molar refractivity (Wildman–Crippen MR) is 102 cm³/mol. The lowest BCUT2D eigenvalue weighted by Gasteiger charge is -2.36. The van der Waals surface area contributed by atoms with Gasteiger partial charge in [0.1, 0.15) is 11.4 Å². The molecule has 0 radical (unpaired) electrons. The zero-order valence-electron chi connectivity index (χ0n) is 15.3. The summed E-state index contributed by atoms with van der Waals surface area (Å²) in [6.45, 7) is 3.75. The van der Waals surface area contributed by atoms with E-state index in [1.165, 1.54) is 11.6 Å². The molecule has 142 valence electrons. The van der Waals surface area contributed by atoms with Crippen molar-refractivity contribution in [3.63, 3.8) is 0 Å². The Morgan fingerprint density at radius 2 is 2.04 bits per heavy atom. The van der Waals surface area contributed by atoms with Crippen molar-refractivity contribution in [3.8, 4) is 5.75 Å². The second kappa shape index (κ2) is 7.54. The van der Waals surface area contributed by atoms with Crippen LogP contribution >= 0.6 is 0 Å². The third kappa shape index (κ3) is 3.61. The van der Waals surface area contributed by atoms with Crippen LogP contribution in [0, 0.1) is 10.1 Å². The summed E-state index contributed by atoms with van der Waals surface area (Å²) in [7, 11) is 1.57. The number of anilines is 1. The zero-order valence-corrected chi connectivity index (χ0v) is 15.3. The first-order chi connectivity index (χ1) is 13.2. The van der Waals surface area contributed by atoms with Crippen LogP contribution in [0.25, 0.3) is 0 Å². The van der Waals surface area contributed by atoms with Crippen LogP contribution < -0.4 is 9.64 Å². The van der Waals surface area contributed by atoms with Crippen molar-refractivity contribution >= 4 is 11.4 Å². The van der Waals surface area contributed by atoms with Crippen LogP contribution in [0.3, 0.4) is 0 Å². The number of rotatable bonds is 5. The Kier molecular flexibility index (Phi) is 4.96. The minimum atomic E-state index is -0.334. The maximum atomic E-state index is 11.5. The highest BCUT2D eigenvalue weighted by Gasteiger charge is 2.41. The monoisotopic (exact) mass is 369 g/mol. The van der Waals surface area contributed by atoms with E-state index in [4.69, 9.17) is 9.47 Å². The number of methoxy groups -OCH3 is 1. The molecule has 2 aromatic rings. The molecule has 2 aliphatic rings. The molecule has 0 spiro atoms. The van der Waals surface area contributed by atoms with Crippen LogP contribution in [0.4, 0.5) is 11.4 Å². The molecule has 0 aromatic heterocycles. The second-order valence-electron chi connectivity index (χ2n) is 6.95. The minimum Gasteiger partial charge on any atom is -0.497 e. The van der Waals surface area contributed by atoms with E-state index in [2.05, 4.69) is 21.9 Å². The lowest BCUT2D eigenvalue weighted by molar-refractivity contribution is -0.384. The van der Waals surface area contributed by atoms with Crippen molar-refractivity contribution in [1.29, 1.82) is 0 Å². The van der Waals surface area contributed by atoms with Crippen LogP contribution in [0.1, 0.15) is 5.56 Å². The molecule has 27 heavy (non-hydrogen) atoms. The standard InChI is InChI=1S/C20H23N3O4/c1-26-16-7-8-17(23(24)25)18(11-16)22-13-19-20(14-22)27-10-9-21(19)12-15-5-3-2-4-6-15/h2-8,11,19-20H,9-10,12-14H2,1H3. The molecule has 2 fully saturated rings. The van der Waals surface area contributed by atoms with Crippen LogP contribution in [-0.2, 0) is 11.3 Å². The molecule has 4 rings (SSSR count). The number of hydrogen-bond acceptors (Lipinski definition) is 6. The van der Waals surface area contributed by atoms with Gasteiger partial charge in [-0.3, -0.25) is 15.0 Å². The van der Waals surface area contributed by atoms with Gasteiger partial charge in [-0.25, -0.2) is 0 Å². The number of nitrogens with zero attached hydrogens (tertiary/aromatic N) is 3. The molecule has 0 bridgehead atoms. The van der Waals surface area contributed by atoms with Crippen molar-refractivity contribution in [1.82, 2.24) is 4.90 Å². The SMILES string of the molecule is COc1ccc([N+](=O)[O-])c(N2CC3OCCN(Cc4ccccc4)C3C2)c1. The number of morpholine rings is 1. The molecule has 7 nitrogen and oxygen atoms in total. The molecule has 2 aromatic carbocycles. The van der Waals surface area contributed by atoms with Gasteiger partial charge in [-0.15, -0.1) is 0 Å². The van der Waals surface area contributed by atoms with E-state index >= 15 is 0 Å². The Balaban J connectivity index is 1.57. The first-order valence-corrected chi connectivity index (χ1v) is 9.12. The molecule has 2 aliphatic heterocycles. The molecule has 2 heterocycles. The van der Waals surface area contributed by atoms with E-state index in [0.29, 0.717) is 31.1 Å². The van der Waals surface area contributed by atoms with E-state index in [9.17, 15) is 10.1 Å². The first kappa shape index (κ1) is 17.8. The average molecular weight is 369 g/mol. The topological polar surface area (TPSA) is 68.1 Å². The molecular weight excluding hydrogens is 346 g/mol. The molecule has 0 saturated carbocycles. The molecule has 2 atom stereocenters. The van der Waals surface area contributed by atoms with Crippen LogP contribution in [0.5, 0.6) is 5.75 Å². The third-order valence-corrected chi connectivity index (χ3v) is 5.36. The van der Waals surface area contributed by atoms with E-state index in [1.807, 2.05) is 18.2 Å². The largest absolute Gasteiger partial charge is 0.497 e. The normalized spacial score (nSPS) is 22.5. The molecule has 0 aliphatic carbocycles. The van der Waals surface area contributed by atoms with Gasteiger partial charge in [0, 0.05) is 38.3 Å². The molecule has 7 heteroatoms. The van der Waals surface area contributed by atoms with E-state index in [0.717, 1.165) is 13.1 Å². The van der Waals surface area contributed by atoms with Gasteiger partial charge in [-0.05, 0) is 11.6 Å². The van der Waals surface area contributed by atoms with Gasteiger partial charge in [0.15, 0.2) is 0 Å². The number of hydrogen-bond donors (Lipinski definition) is 0. The van der Waals surface area contributed by atoms with E-state index < -0.39 is 0 Å². The highest BCUT2D eigenvalue weighted by Crippen LogP contribution is 2.36. The Morgan fingerprint density at radius 1 is 1.22 bits per heavy atom. The van der Waals surface area contributed by atoms with Gasteiger partial charge in [-0.2, -0.15) is 0 Å². The minimum absolute atomic E-state index is 0.0493. The van der Waals surface area contributed by atoms with Gasteiger partial charge in [0.05, 0.1) is 30.8 Å². The summed E-state index contributed by atoms with van der Waals surface area (Å²) in [5, 5.41) is 11.5. The fourth-order valence-corrected chi connectivity index (χ4v) is 4.01. The van der Waals surface area contributed by atoms with Gasteiger partial charge in [0.2, 0.25) is 0 Å². The van der Waals surface area contributed by atoms with Gasteiger partial charge < -0.3 is 14.4 Å². The van der Waals surface area contributed by atoms with Gasteiger partial charge >= 0.3 is 0 Å². The number of benzene rings is 2. The second-order valence-corrected chi connectivity index (χ2v) is 6.95. The lowest BCUT2D eigenvalue weighted by Crippen LogP contribution is -2.50. The number of nitro groups is 1. The maximum Gasteiger partial charge on any atom is 0.292 e. The van der Waals surface area contributed by atoms with Crippen molar-refractivity contribution in [2.24, 2.45) is 0 Å². The Labute approximate surface area is 158 Å². The fourth-order valence-electron chi connectivity index (χ4n) is 4.01. The summed E-state index contributed by atoms with van der Waals surface area (Å²) in [6, 6.07) is 15.5. The highest BCUT2D eigenvalue weighted by molar-refractivity contribution is 5.66. The maximum absolute atomic E-state index is 11.5. The first-order valence-electron chi connectivity index (χ1n) is 9.12. The highest BCUT2D eigenvalue weighted by atomic mass is 16.6. The zero-order chi connectivity index (χ0) is 18.8. The van der Waals surface area contributed by atoms with Crippen molar-refractivity contribution < 1.29 is 14.4 Å². The van der Waals surface area contributed by atoms with Crippen molar-refractivity contribution in [2.75, 3.05) is 38.3 Å². The number of fused-ring (bicyclic) bond motifs is 1. The Hall–Kier alpha value is -2.64. The third-order valence-electron chi connectivity index (χ3n) is 5.36. The summed E-state index contributed by atoms with van der Waals surface area (Å²) in [4.78, 5) is 15.6. The lowest BCUT2D eigenvalue weighted by atomic mass is 10.1. The molecule has 2 unspecified atom stereocenters. The summed E-state index contributed by atoms with van der Waals surface area (Å²) in [5.41, 5.74) is 1.96. The van der Waals surface area contributed by atoms with Crippen molar-refractivity contribution in [3.05, 3.63) is 64.2 Å². The summed E-state index contributed by atoms with van der Waals surface area (Å²) in [6.07, 6.45) is 0.0493.